The molecule has 0 radical (unpaired) electrons. The molecule has 0 saturated heterocycles. The minimum absolute atomic E-state index is 0.326. The van der Waals surface area contributed by atoms with Gasteiger partial charge >= 0.3 is 0 Å². The van der Waals surface area contributed by atoms with Gasteiger partial charge in [-0.05, 0) is 41.6 Å². The van der Waals surface area contributed by atoms with Gasteiger partial charge in [-0.25, -0.2) is 4.39 Å². The average Bonchev–Trinajstić information content (AvgIpc) is 2.94. The maximum atomic E-state index is 13.7. The smallest absolute Gasteiger partial charge is 0.189 e. The summed E-state index contributed by atoms with van der Waals surface area (Å²) in [6, 6.07) is 9.92. The topological polar surface area (TPSA) is 69.6 Å². The lowest BCUT2D eigenvalue weighted by molar-refractivity contribution is 0.614. The summed E-state index contributed by atoms with van der Waals surface area (Å²) in [6.45, 7) is 1.66. The highest BCUT2D eigenvalue weighted by Crippen LogP contribution is 2.31. The maximum absolute atomic E-state index is 13.7. The first kappa shape index (κ1) is 13.5. The fourth-order valence-electron chi connectivity index (χ4n) is 2.07. The van der Waals surface area contributed by atoms with E-state index in [4.69, 9.17) is 17.3 Å². The summed E-state index contributed by atoms with van der Waals surface area (Å²) in [6.07, 6.45) is 0. The number of anilines is 1. The van der Waals surface area contributed by atoms with Crippen molar-refractivity contribution in [2.75, 3.05) is 5.73 Å². The molecule has 3 aromatic rings. The first-order valence-corrected chi connectivity index (χ1v) is 6.55. The number of hydrogen-bond donors (Lipinski definition) is 1. The third-order valence-electron chi connectivity index (χ3n) is 3.23. The van der Waals surface area contributed by atoms with Crippen molar-refractivity contribution in [3.8, 4) is 17.1 Å². The molecule has 0 aliphatic rings. The Hall–Kier alpha value is -2.47. The second kappa shape index (κ2) is 5.14. The van der Waals surface area contributed by atoms with Gasteiger partial charge in [0.05, 0.1) is 16.4 Å². The minimum Gasteiger partial charge on any atom is -0.397 e. The minimum atomic E-state index is -0.326. The summed E-state index contributed by atoms with van der Waals surface area (Å²) in [5.41, 5.74) is 7.95. The largest absolute Gasteiger partial charge is 0.397 e. The molecule has 0 amide bonds. The zero-order valence-electron chi connectivity index (χ0n) is 11.1. The van der Waals surface area contributed by atoms with Crippen molar-refractivity contribution in [2.45, 2.75) is 6.92 Å². The fourth-order valence-corrected chi connectivity index (χ4v) is 2.25. The van der Waals surface area contributed by atoms with Crippen LogP contribution < -0.4 is 5.73 Å². The van der Waals surface area contributed by atoms with Gasteiger partial charge in [-0.2, -0.15) is 4.68 Å². The van der Waals surface area contributed by atoms with Crippen LogP contribution in [0.5, 0.6) is 0 Å². The number of nitrogens with zero attached hydrogens (tertiary/aromatic N) is 4. The zero-order valence-corrected chi connectivity index (χ0v) is 11.8. The Morgan fingerprint density at radius 2 is 1.95 bits per heavy atom. The summed E-state index contributed by atoms with van der Waals surface area (Å²) in [5, 5.41) is 12.0. The van der Waals surface area contributed by atoms with Gasteiger partial charge in [0.25, 0.3) is 0 Å². The van der Waals surface area contributed by atoms with Gasteiger partial charge in [0.2, 0.25) is 0 Å². The van der Waals surface area contributed by atoms with Gasteiger partial charge in [-0.3, -0.25) is 0 Å². The van der Waals surface area contributed by atoms with Crippen molar-refractivity contribution in [2.24, 2.45) is 0 Å². The van der Waals surface area contributed by atoms with Gasteiger partial charge in [0.1, 0.15) is 5.82 Å². The van der Waals surface area contributed by atoms with E-state index >= 15 is 0 Å². The first-order valence-electron chi connectivity index (χ1n) is 6.18. The average molecular weight is 304 g/mol. The molecule has 1 heterocycles. The second-order valence-corrected chi connectivity index (χ2v) is 4.91. The van der Waals surface area contributed by atoms with Crippen molar-refractivity contribution in [3.05, 3.63) is 52.8 Å². The van der Waals surface area contributed by atoms with Crippen molar-refractivity contribution in [1.29, 1.82) is 0 Å². The normalized spacial score (nSPS) is 10.8. The van der Waals surface area contributed by atoms with Crippen molar-refractivity contribution >= 4 is 17.3 Å². The number of rotatable bonds is 2. The van der Waals surface area contributed by atoms with E-state index in [1.165, 1.54) is 10.7 Å². The molecule has 21 heavy (non-hydrogen) atoms. The van der Waals surface area contributed by atoms with Crippen LogP contribution in [-0.2, 0) is 0 Å². The monoisotopic (exact) mass is 303 g/mol. The molecule has 2 aromatic carbocycles. The summed E-state index contributed by atoms with van der Waals surface area (Å²) < 4.78 is 15.2. The van der Waals surface area contributed by atoms with E-state index < -0.39 is 0 Å². The highest BCUT2D eigenvalue weighted by Gasteiger charge is 2.17. The Balaban J connectivity index is 2.22. The van der Waals surface area contributed by atoms with Gasteiger partial charge in [-0.15, -0.1) is 5.10 Å². The summed E-state index contributed by atoms with van der Waals surface area (Å²) in [5.74, 6) is 0.0803. The SMILES string of the molecule is Cc1c(F)cccc1-n1nnnc1-c1cccc(Cl)c1N. The predicted molar refractivity (Wildman–Crippen MR) is 78.7 cm³/mol. The molecular weight excluding hydrogens is 293 g/mol. The van der Waals surface area contributed by atoms with E-state index in [0.29, 0.717) is 33.3 Å². The molecule has 0 aliphatic heterocycles. The molecule has 3 rings (SSSR count). The summed E-state index contributed by atoms with van der Waals surface area (Å²) in [7, 11) is 0. The molecule has 2 N–H and O–H groups in total. The standard InChI is InChI=1S/C14H11ClFN5/c1-8-11(16)6-3-7-12(8)21-14(18-19-20-21)9-4-2-5-10(15)13(9)17/h2-7H,17H2,1H3. The molecule has 5 nitrogen and oxygen atoms in total. The number of nitrogens with two attached hydrogens (primary N) is 1. The third-order valence-corrected chi connectivity index (χ3v) is 3.56. The molecule has 7 heteroatoms. The number of benzene rings is 2. The highest BCUT2D eigenvalue weighted by atomic mass is 35.5. The predicted octanol–water partition coefficient (Wildman–Crippen LogP) is 3.01. The van der Waals surface area contributed by atoms with Crippen LogP contribution in [0.15, 0.2) is 36.4 Å². The number of para-hydroxylation sites is 1. The Morgan fingerprint density at radius 1 is 1.19 bits per heavy atom. The van der Waals surface area contributed by atoms with Crippen molar-refractivity contribution < 1.29 is 4.39 Å². The highest BCUT2D eigenvalue weighted by molar-refractivity contribution is 6.33. The molecule has 0 atom stereocenters. The summed E-state index contributed by atoms with van der Waals surface area (Å²) in [4.78, 5) is 0. The molecule has 0 bridgehead atoms. The number of hydrogen-bond acceptors (Lipinski definition) is 4. The van der Waals surface area contributed by atoms with Crippen LogP contribution in [0.4, 0.5) is 10.1 Å². The quantitative estimate of drug-likeness (QED) is 0.739. The van der Waals surface area contributed by atoms with Crippen molar-refractivity contribution in [1.82, 2.24) is 20.2 Å². The fraction of sp³-hybridized carbons (Fsp3) is 0.0714. The molecule has 0 aliphatic carbocycles. The van der Waals surface area contributed by atoms with Crippen LogP contribution in [0.3, 0.4) is 0 Å². The Bertz CT molecular complexity index is 749. The van der Waals surface area contributed by atoms with Crippen molar-refractivity contribution in [3.63, 3.8) is 0 Å². The molecule has 0 unspecified atom stereocenters. The van der Waals surface area contributed by atoms with Gasteiger partial charge < -0.3 is 5.73 Å². The van der Waals surface area contributed by atoms with Gasteiger partial charge in [0.15, 0.2) is 5.82 Å². The Labute approximate surface area is 125 Å². The van der Waals surface area contributed by atoms with Crippen LogP contribution in [0.25, 0.3) is 17.1 Å². The van der Waals surface area contributed by atoms with Crippen LogP contribution in [0, 0.1) is 12.7 Å². The van der Waals surface area contributed by atoms with Crippen LogP contribution >= 0.6 is 11.6 Å². The lowest BCUT2D eigenvalue weighted by atomic mass is 10.1. The molecule has 0 spiro atoms. The van der Waals surface area contributed by atoms with Crippen LogP contribution in [0.1, 0.15) is 5.56 Å². The van der Waals surface area contributed by atoms with Crippen LogP contribution in [0.2, 0.25) is 5.02 Å². The third kappa shape index (κ3) is 2.23. The molecule has 0 fully saturated rings. The molecule has 1 aromatic heterocycles. The lowest BCUT2D eigenvalue weighted by Gasteiger charge is -2.10. The number of tetrazole rings is 1. The van der Waals surface area contributed by atoms with Gasteiger partial charge in [0, 0.05) is 11.1 Å². The molecular formula is C14H11ClFN5. The summed E-state index contributed by atoms with van der Waals surface area (Å²) >= 11 is 6.02. The van der Waals surface area contributed by atoms with Crippen LogP contribution in [-0.4, -0.2) is 20.2 Å². The van der Waals surface area contributed by atoms with E-state index in [1.54, 1.807) is 37.3 Å². The zero-order chi connectivity index (χ0) is 15.0. The van der Waals surface area contributed by atoms with E-state index in [0.717, 1.165) is 0 Å². The Kier molecular flexibility index (Phi) is 3.31. The first-order chi connectivity index (χ1) is 10.1. The van der Waals surface area contributed by atoms with E-state index in [-0.39, 0.29) is 5.82 Å². The molecule has 0 saturated carbocycles. The number of nitrogen functional groups attached to an aromatic ring is 1. The maximum Gasteiger partial charge on any atom is 0.189 e. The van der Waals surface area contributed by atoms with E-state index in [2.05, 4.69) is 15.5 Å². The lowest BCUT2D eigenvalue weighted by Crippen LogP contribution is -2.04. The molecule has 106 valence electrons. The van der Waals surface area contributed by atoms with E-state index in [1.807, 2.05) is 0 Å². The van der Waals surface area contributed by atoms with E-state index in [9.17, 15) is 4.39 Å². The Morgan fingerprint density at radius 3 is 2.76 bits per heavy atom. The number of halogens is 2. The second-order valence-electron chi connectivity index (χ2n) is 4.50. The number of aromatic nitrogens is 4. The van der Waals surface area contributed by atoms with Gasteiger partial charge in [-0.1, -0.05) is 23.7 Å².